The summed E-state index contributed by atoms with van der Waals surface area (Å²) >= 11 is 0. The van der Waals surface area contributed by atoms with Gasteiger partial charge in [0.1, 0.15) is 0 Å². The summed E-state index contributed by atoms with van der Waals surface area (Å²) in [6.45, 7) is 1.04. The molecule has 144 valence electrons. The van der Waals surface area contributed by atoms with Gasteiger partial charge in [-0.2, -0.15) is 13.2 Å². The van der Waals surface area contributed by atoms with Crippen molar-refractivity contribution >= 4 is 17.5 Å². The van der Waals surface area contributed by atoms with Gasteiger partial charge in [-0.1, -0.05) is 12.1 Å². The lowest BCUT2D eigenvalue weighted by Gasteiger charge is -2.14. The van der Waals surface area contributed by atoms with Crippen molar-refractivity contribution in [1.82, 2.24) is 15.2 Å². The predicted octanol–water partition coefficient (Wildman–Crippen LogP) is 2.64. The van der Waals surface area contributed by atoms with Crippen LogP contribution in [-0.2, 0) is 6.18 Å². The molecule has 0 bridgehead atoms. The highest BCUT2D eigenvalue weighted by molar-refractivity contribution is 6.06. The van der Waals surface area contributed by atoms with Crippen LogP contribution in [0.5, 0.6) is 0 Å². The normalized spacial score (nSPS) is 11.3. The minimum Gasteiger partial charge on any atom is -0.351 e. The number of alkyl halides is 3. The molecule has 0 spiro atoms. The van der Waals surface area contributed by atoms with E-state index in [1.165, 1.54) is 30.6 Å². The van der Waals surface area contributed by atoms with Gasteiger partial charge >= 0.3 is 6.18 Å². The smallest absolute Gasteiger partial charge is 0.351 e. The van der Waals surface area contributed by atoms with E-state index in [0.717, 1.165) is 12.1 Å². The molecule has 1 aromatic heterocycles. The highest BCUT2D eigenvalue weighted by Crippen LogP contribution is 2.34. The Labute approximate surface area is 154 Å². The van der Waals surface area contributed by atoms with Crippen molar-refractivity contribution in [2.75, 3.05) is 32.5 Å². The highest BCUT2D eigenvalue weighted by atomic mass is 19.4. The molecule has 6 nitrogen and oxygen atoms in total. The Balaban J connectivity index is 2.13. The van der Waals surface area contributed by atoms with Crippen molar-refractivity contribution < 1.29 is 22.8 Å². The van der Waals surface area contributed by atoms with Gasteiger partial charge in [-0.05, 0) is 32.3 Å². The van der Waals surface area contributed by atoms with Gasteiger partial charge in [0.15, 0.2) is 0 Å². The monoisotopic (exact) mass is 380 g/mol. The first-order valence-corrected chi connectivity index (χ1v) is 8.04. The molecule has 0 unspecified atom stereocenters. The maximum absolute atomic E-state index is 13.0. The molecule has 0 atom stereocenters. The highest BCUT2D eigenvalue weighted by Gasteiger charge is 2.33. The van der Waals surface area contributed by atoms with E-state index in [1.807, 2.05) is 19.0 Å². The first-order valence-electron chi connectivity index (χ1n) is 8.04. The number of likely N-dealkylation sites (N-methyl/N-ethyl adjacent to an activating group) is 1. The Bertz CT molecular complexity index is 822. The molecule has 27 heavy (non-hydrogen) atoms. The number of anilines is 1. The summed E-state index contributed by atoms with van der Waals surface area (Å²) in [7, 11) is 3.72. The first-order chi connectivity index (χ1) is 12.7. The first kappa shape index (κ1) is 20.4. The molecule has 1 aromatic carbocycles. The number of nitrogens with zero attached hydrogens (tertiary/aromatic N) is 2. The number of aromatic nitrogens is 1. The van der Waals surface area contributed by atoms with Crippen LogP contribution in [-0.4, -0.2) is 48.9 Å². The molecule has 0 saturated carbocycles. The van der Waals surface area contributed by atoms with Crippen LogP contribution in [0.3, 0.4) is 0 Å². The number of carbonyl (C=O) groups excluding carboxylic acids is 2. The van der Waals surface area contributed by atoms with Gasteiger partial charge in [0.25, 0.3) is 11.8 Å². The topological polar surface area (TPSA) is 74.3 Å². The Morgan fingerprint density at radius 2 is 1.70 bits per heavy atom. The molecular weight excluding hydrogens is 361 g/mol. The molecular formula is C18H19F3N4O2. The van der Waals surface area contributed by atoms with Gasteiger partial charge < -0.3 is 15.5 Å². The summed E-state index contributed by atoms with van der Waals surface area (Å²) < 4.78 is 39.1. The third-order valence-corrected chi connectivity index (χ3v) is 3.59. The third-order valence-electron chi connectivity index (χ3n) is 3.59. The molecule has 9 heteroatoms. The van der Waals surface area contributed by atoms with Crippen LogP contribution in [0.4, 0.5) is 18.9 Å². The van der Waals surface area contributed by atoms with E-state index in [1.54, 1.807) is 0 Å². The molecule has 0 aliphatic heterocycles. The van der Waals surface area contributed by atoms with E-state index in [4.69, 9.17) is 0 Å². The summed E-state index contributed by atoms with van der Waals surface area (Å²) in [5.74, 6) is -1.21. The summed E-state index contributed by atoms with van der Waals surface area (Å²) in [6.07, 6.45) is -2.14. The number of hydrogen-bond donors (Lipinski definition) is 2. The standard InChI is InChI=1S/C18H19F3N4O2/c1-25(2)8-7-23-16(26)12-9-13(11-22-10-12)17(27)24-15-6-4-3-5-14(15)18(19,20)21/h3-6,9-11H,7-8H2,1-2H3,(H,23,26)(H,24,27). The molecule has 1 heterocycles. The van der Waals surface area contributed by atoms with Crippen LogP contribution in [0.1, 0.15) is 26.3 Å². The van der Waals surface area contributed by atoms with Gasteiger partial charge in [-0.15, -0.1) is 0 Å². The van der Waals surface area contributed by atoms with E-state index in [2.05, 4.69) is 15.6 Å². The molecule has 2 N–H and O–H groups in total. The van der Waals surface area contributed by atoms with E-state index >= 15 is 0 Å². The van der Waals surface area contributed by atoms with E-state index in [9.17, 15) is 22.8 Å². The summed E-state index contributed by atoms with van der Waals surface area (Å²) in [4.78, 5) is 30.1. The fourth-order valence-corrected chi connectivity index (χ4v) is 2.22. The lowest BCUT2D eigenvalue weighted by Crippen LogP contribution is -2.31. The van der Waals surface area contributed by atoms with Crippen molar-refractivity contribution in [3.05, 3.63) is 59.4 Å². The predicted molar refractivity (Wildman–Crippen MR) is 94.5 cm³/mol. The zero-order valence-corrected chi connectivity index (χ0v) is 14.8. The van der Waals surface area contributed by atoms with Crippen LogP contribution >= 0.6 is 0 Å². The molecule has 0 aliphatic rings. The largest absolute Gasteiger partial charge is 0.418 e. The molecule has 0 aliphatic carbocycles. The summed E-state index contributed by atoms with van der Waals surface area (Å²) in [5.41, 5.74) is -1.20. The Kier molecular flexibility index (Phi) is 6.51. The SMILES string of the molecule is CN(C)CCNC(=O)c1cncc(C(=O)Nc2ccccc2C(F)(F)F)c1. The lowest BCUT2D eigenvalue weighted by atomic mass is 10.1. The number of nitrogens with one attached hydrogen (secondary N) is 2. The number of amides is 2. The van der Waals surface area contributed by atoms with Crippen LogP contribution in [0.25, 0.3) is 0 Å². The van der Waals surface area contributed by atoms with Gasteiger partial charge in [0, 0.05) is 25.5 Å². The fraction of sp³-hybridized carbons (Fsp3) is 0.278. The van der Waals surface area contributed by atoms with Gasteiger partial charge in [-0.25, -0.2) is 0 Å². The summed E-state index contributed by atoms with van der Waals surface area (Å²) in [5, 5.41) is 4.89. The fourth-order valence-electron chi connectivity index (χ4n) is 2.22. The Hall–Kier alpha value is -2.94. The number of hydrogen-bond acceptors (Lipinski definition) is 4. The molecule has 2 amide bonds. The second kappa shape index (κ2) is 8.63. The maximum atomic E-state index is 13.0. The average molecular weight is 380 g/mol. The number of para-hydroxylation sites is 1. The van der Waals surface area contributed by atoms with Crippen LogP contribution in [0.2, 0.25) is 0 Å². The van der Waals surface area contributed by atoms with E-state index in [0.29, 0.717) is 13.1 Å². The molecule has 2 aromatic rings. The number of rotatable bonds is 6. The quantitative estimate of drug-likeness (QED) is 0.808. The third kappa shape index (κ3) is 5.78. The Morgan fingerprint density at radius 3 is 2.33 bits per heavy atom. The Morgan fingerprint density at radius 1 is 1.07 bits per heavy atom. The number of halogens is 3. The summed E-state index contributed by atoms with van der Waals surface area (Å²) in [6, 6.07) is 5.94. The van der Waals surface area contributed by atoms with Gasteiger partial charge in [0.2, 0.25) is 0 Å². The number of carbonyl (C=O) groups is 2. The lowest BCUT2D eigenvalue weighted by molar-refractivity contribution is -0.136. The van der Waals surface area contributed by atoms with E-state index in [-0.39, 0.29) is 16.8 Å². The molecule has 2 rings (SSSR count). The van der Waals surface area contributed by atoms with Crippen LogP contribution in [0, 0.1) is 0 Å². The van der Waals surface area contributed by atoms with Crippen molar-refractivity contribution in [2.24, 2.45) is 0 Å². The van der Waals surface area contributed by atoms with Crippen molar-refractivity contribution in [2.45, 2.75) is 6.18 Å². The van der Waals surface area contributed by atoms with Crippen LogP contribution in [0.15, 0.2) is 42.7 Å². The number of pyridine rings is 1. The van der Waals surface area contributed by atoms with Gasteiger partial charge in [-0.3, -0.25) is 14.6 Å². The zero-order chi connectivity index (χ0) is 20.0. The van der Waals surface area contributed by atoms with Crippen molar-refractivity contribution in [1.29, 1.82) is 0 Å². The van der Waals surface area contributed by atoms with Crippen molar-refractivity contribution in [3.8, 4) is 0 Å². The van der Waals surface area contributed by atoms with E-state index < -0.39 is 23.6 Å². The maximum Gasteiger partial charge on any atom is 0.418 e. The second-order valence-electron chi connectivity index (χ2n) is 6.02. The molecule has 0 radical (unpaired) electrons. The molecule has 0 fully saturated rings. The minimum absolute atomic E-state index is 0.0211. The second-order valence-corrected chi connectivity index (χ2v) is 6.02. The minimum atomic E-state index is -4.60. The average Bonchev–Trinajstić information content (AvgIpc) is 2.61. The molecule has 0 saturated heterocycles. The zero-order valence-electron chi connectivity index (χ0n) is 14.8. The van der Waals surface area contributed by atoms with Crippen LogP contribution < -0.4 is 10.6 Å². The van der Waals surface area contributed by atoms with Crippen molar-refractivity contribution in [3.63, 3.8) is 0 Å². The van der Waals surface area contributed by atoms with Gasteiger partial charge in [0.05, 0.1) is 22.4 Å². The number of benzene rings is 1.